The summed E-state index contributed by atoms with van der Waals surface area (Å²) in [5, 5.41) is -0.416. The van der Waals surface area contributed by atoms with Crippen molar-refractivity contribution in [3.05, 3.63) is 48.1 Å². The number of methoxy groups -OCH3 is 1. The van der Waals surface area contributed by atoms with Crippen LogP contribution in [0, 0.1) is 11.8 Å². The summed E-state index contributed by atoms with van der Waals surface area (Å²) in [6.45, 7) is 1.72. The zero-order valence-electron chi connectivity index (χ0n) is 16.2. The lowest BCUT2D eigenvalue weighted by Crippen LogP contribution is -2.49. The second-order valence-corrected chi connectivity index (χ2v) is 9.14. The van der Waals surface area contributed by atoms with E-state index in [0.29, 0.717) is 43.0 Å². The fourth-order valence-electron chi connectivity index (χ4n) is 3.28. The van der Waals surface area contributed by atoms with Crippen molar-refractivity contribution in [2.45, 2.75) is 0 Å². The summed E-state index contributed by atoms with van der Waals surface area (Å²) in [6, 6.07) is 7.36. The molecule has 0 aliphatic carbocycles. The summed E-state index contributed by atoms with van der Waals surface area (Å²) in [4.78, 5) is 10.6. The van der Waals surface area contributed by atoms with Gasteiger partial charge in [0, 0.05) is 44.1 Å². The first-order chi connectivity index (χ1) is 14.5. The molecule has 3 heterocycles. The van der Waals surface area contributed by atoms with Crippen LogP contribution in [0.15, 0.2) is 41.1 Å². The number of ether oxygens (including phenoxy) is 1. The molecule has 2 aromatic heterocycles. The second-order valence-electron chi connectivity index (χ2n) is 6.58. The van der Waals surface area contributed by atoms with E-state index in [0.717, 1.165) is 11.3 Å². The lowest BCUT2D eigenvalue weighted by Gasteiger charge is -2.34. The Morgan fingerprint density at radius 2 is 2.00 bits per heavy atom. The fourth-order valence-corrected chi connectivity index (χ4v) is 4.55. The van der Waals surface area contributed by atoms with Crippen molar-refractivity contribution in [1.82, 2.24) is 14.3 Å². The molecule has 1 fully saturated rings. The van der Waals surface area contributed by atoms with E-state index in [9.17, 15) is 8.42 Å². The Kier molecular flexibility index (Phi) is 5.81. The highest BCUT2D eigenvalue weighted by molar-refractivity contribution is 7.90. The Hall–Kier alpha value is -2.80. The number of halogens is 1. The number of sulfonamides is 1. The van der Waals surface area contributed by atoms with Crippen molar-refractivity contribution < 1.29 is 17.6 Å². The molecule has 1 aliphatic heterocycles. The Labute approximate surface area is 179 Å². The Morgan fingerprint density at radius 3 is 2.67 bits per heavy atom. The minimum Gasteiger partial charge on any atom is -0.494 e. The Morgan fingerprint density at radius 1 is 1.20 bits per heavy atom. The number of hydrogen-bond acceptors (Lipinski definition) is 7. The fraction of sp³-hybridized carbons (Fsp3) is 0.300. The highest BCUT2D eigenvalue weighted by atomic mass is 35.5. The van der Waals surface area contributed by atoms with Gasteiger partial charge in [-0.2, -0.15) is 9.29 Å². The lowest BCUT2D eigenvalue weighted by atomic mass is 10.2. The third kappa shape index (κ3) is 4.07. The maximum Gasteiger partial charge on any atom is 0.274 e. The molecule has 10 heteroatoms. The molecule has 1 saturated heterocycles. The molecule has 0 unspecified atom stereocenters. The summed E-state index contributed by atoms with van der Waals surface area (Å²) >= 11 is 5.57. The van der Waals surface area contributed by atoms with Crippen LogP contribution in [0.3, 0.4) is 0 Å². The minimum absolute atomic E-state index is 0.267. The molecule has 0 radical (unpaired) electrons. The van der Waals surface area contributed by atoms with Crippen molar-refractivity contribution in [2.24, 2.45) is 0 Å². The summed E-state index contributed by atoms with van der Waals surface area (Å²) in [5.41, 5.74) is 2.69. The van der Waals surface area contributed by atoms with E-state index in [1.54, 1.807) is 25.6 Å². The number of oxazole rings is 1. The SMILES string of the molecule is COc1ccc(N2CCN(S(=O)(=O)CCl)CC2)c2oc(C#Cc3cccnc3)nc12. The number of benzene rings is 1. The normalized spacial score (nSPS) is 15.1. The molecule has 0 atom stereocenters. The van der Waals surface area contributed by atoms with Crippen molar-refractivity contribution >= 4 is 38.4 Å². The third-order valence-corrected chi connectivity index (χ3v) is 7.05. The van der Waals surface area contributed by atoms with Crippen LogP contribution in [-0.4, -0.2) is 61.2 Å². The number of pyridine rings is 1. The van der Waals surface area contributed by atoms with Gasteiger partial charge in [-0.1, -0.05) is 5.92 Å². The number of alkyl halides is 1. The van der Waals surface area contributed by atoms with Crippen LogP contribution in [-0.2, 0) is 10.0 Å². The van der Waals surface area contributed by atoms with Gasteiger partial charge in [0.2, 0.25) is 10.0 Å². The van der Waals surface area contributed by atoms with Crippen molar-refractivity contribution in [3.8, 4) is 17.6 Å². The molecule has 0 saturated carbocycles. The highest BCUT2D eigenvalue weighted by Gasteiger charge is 2.28. The average molecular weight is 447 g/mol. The predicted molar refractivity (Wildman–Crippen MR) is 114 cm³/mol. The zero-order chi connectivity index (χ0) is 21.1. The lowest BCUT2D eigenvalue weighted by molar-refractivity contribution is 0.387. The first-order valence-corrected chi connectivity index (χ1v) is 11.3. The second kappa shape index (κ2) is 8.52. The van der Waals surface area contributed by atoms with Gasteiger partial charge in [-0.25, -0.2) is 8.42 Å². The largest absolute Gasteiger partial charge is 0.494 e. The van der Waals surface area contributed by atoms with E-state index in [4.69, 9.17) is 20.8 Å². The van der Waals surface area contributed by atoms with Crippen LogP contribution < -0.4 is 9.64 Å². The number of anilines is 1. The number of piperazine rings is 1. The van der Waals surface area contributed by atoms with Crippen LogP contribution in [0.2, 0.25) is 0 Å². The molecule has 4 rings (SSSR count). The van der Waals surface area contributed by atoms with E-state index < -0.39 is 15.2 Å². The van der Waals surface area contributed by atoms with Gasteiger partial charge >= 0.3 is 0 Å². The molecule has 0 bridgehead atoms. The maximum absolute atomic E-state index is 12.0. The predicted octanol–water partition coefficient (Wildman–Crippen LogP) is 2.28. The molecule has 0 N–H and O–H groups in total. The van der Waals surface area contributed by atoms with Crippen LogP contribution >= 0.6 is 11.6 Å². The van der Waals surface area contributed by atoms with E-state index in [-0.39, 0.29) is 5.89 Å². The van der Waals surface area contributed by atoms with Crippen LogP contribution in [0.1, 0.15) is 11.5 Å². The highest BCUT2D eigenvalue weighted by Crippen LogP contribution is 2.34. The van der Waals surface area contributed by atoms with E-state index in [1.807, 2.05) is 18.2 Å². The quantitative estimate of drug-likeness (QED) is 0.448. The molecule has 0 spiro atoms. The summed E-state index contributed by atoms with van der Waals surface area (Å²) in [5.74, 6) is 6.75. The van der Waals surface area contributed by atoms with Crippen molar-refractivity contribution in [1.29, 1.82) is 0 Å². The first kappa shape index (κ1) is 20.5. The number of hydrogen-bond donors (Lipinski definition) is 0. The summed E-state index contributed by atoms with van der Waals surface area (Å²) in [6.07, 6.45) is 3.34. The van der Waals surface area contributed by atoms with Crippen LogP contribution in [0.25, 0.3) is 11.1 Å². The summed E-state index contributed by atoms with van der Waals surface area (Å²) in [7, 11) is -1.85. The molecule has 156 valence electrons. The monoisotopic (exact) mass is 446 g/mol. The van der Waals surface area contributed by atoms with E-state index in [1.165, 1.54) is 4.31 Å². The van der Waals surface area contributed by atoms with E-state index >= 15 is 0 Å². The topological polar surface area (TPSA) is 88.8 Å². The first-order valence-electron chi connectivity index (χ1n) is 9.20. The van der Waals surface area contributed by atoms with Crippen LogP contribution in [0.4, 0.5) is 5.69 Å². The molecule has 8 nitrogen and oxygen atoms in total. The summed E-state index contributed by atoms with van der Waals surface area (Å²) < 4.78 is 36.8. The van der Waals surface area contributed by atoms with Gasteiger partial charge in [0.15, 0.2) is 11.1 Å². The van der Waals surface area contributed by atoms with Gasteiger partial charge < -0.3 is 14.1 Å². The van der Waals surface area contributed by atoms with Crippen molar-refractivity contribution in [3.63, 3.8) is 0 Å². The maximum atomic E-state index is 12.0. The Bertz CT molecular complexity index is 1210. The molecular weight excluding hydrogens is 428 g/mol. The number of rotatable bonds is 4. The van der Waals surface area contributed by atoms with Gasteiger partial charge in [0.25, 0.3) is 5.89 Å². The third-order valence-electron chi connectivity index (χ3n) is 4.79. The van der Waals surface area contributed by atoms with Gasteiger partial charge in [0.1, 0.15) is 11.0 Å². The zero-order valence-corrected chi connectivity index (χ0v) is 17.8. The standard InChI is InChI=1S/C20H19ClN4O4S/c1-28-17-6-5-16(24-9-11-25(12-10-24)30(26,27)14-21)20-19(17)23-18(29-20)7-4-15-3-2-8-22-13-15/h2-3,5-6,8,13H,9-12,14H2,1H3. The molecule has 1 aromatic carbocycles. The minimum atomic E-state index is -3.42. The van der Waals surface area contributed by atoms with E-state index in [2.05, 4.69) is 26.7 Å². The molecule has 30 heavy (non-hydrogen) atoms. The average Bonchev–Trinajstić information content (AvgIpc) is 3.22. The molecular formula is C20H19ClN4O4S. The number of aromatic nitrogens is 2. The smallest absolute Gasteiger partial charge is 0.274 e. The van der Waals surface area contributed by atoms with Gasteiger partial charge in [-0.15, -0.1) is 11.6 Å². The number of nitrogens with zero attached hydrogens (tertiary/aromatic N) is 4. The van der Waals surface area contributed by atoms with Crippen LogP contribution in [0.5, 0.6) is 5.75 Å². The van der Waals surface area contributed by atoms with Gasteiger partial charge in [-0.05, 0) is 30.2 Å². The van der Waals surface area contributed by atoms with Gasteiger partial charge in [0.05, 0.1) is 12.8 Å². The van der Waals surface area contributed by atoms with Crippen molar-refractivity contribution in [2.75, 3.05) is 43.4 Å². The molecule has 1 aliphatic rings. The number of fused-ring (bicyclic) bond motifs is 1. The molecule has 0 amide bonds. The Balaban J connectivity index is 1.65. The molecule has 3 aromatic rings. The van der Waals surface area contributed by atoms with Gasteiger partial charge in [-0.3, -0.25) is 4.98 Å².